The zero-order chi connectivity index (χ0) is 12.5. The van der Waals surface area contributed by atoms with Crippen molar-refractivity contribution >= 4 is 11.8 Å². The molecule has 2 aromatic rings. The molecular formula is C9H14N8S. The van der Waals surface area contributed by atoms with Gasteiger partial charge in [-0.15, -0.1) is 20.4 Å². The van der Waals surface area contributed by atoms with E-state index in [-0.39, 0.29) is 0 Å². The van der Waals surface area contributed by atoms with E-state index in [2.05, 4.69) is 30.2 Å². The molecule has 0 spiro atoms. The lowest BCUT2D eigenvalue weighted by Crippen LogP contribution is -2.08. The van der Waals surface area contributed by atoms with Gasteiger partial charge in [0, 0.05) is 6.04 Å². The topological polar surface area (TPSA) is 100 Å². The number of rotatable bonds is 5. The summed E-state index contributed by atoms with van der Waals surface area (Å²) in [7, 11) is 1.75. The van der Waals surface area contributed by atoms with E-state index in [1.54, 1.807) is 18.8 Å². The first-order chi connectivity index (χ1) is 8.78. The van der Waals surface area contributed by atoms with Crippen LogP contribution in [0.1, 0.15) is 30.5 Å². The second-order valence-electron chi connectivity index (χ2n) is 4.19. The molecule has 1 fully saturated rings. The Hall–Kier alpha value is -1.48. The van der Waals surface area contributed by atoms with Crippen molar-refractivity contribution in [2.45, 2.75) is 36.3 Å². The van der Waals surface area contributed by atoms with E-state index in [1.165, 1.54) is 17.6 Å². The van der Waals surface area contributed by atoms with Crippen molar-refractivity contribution in [2.75, 3.05) is 0 Å². The van der Waals surface area contributed by atoms with Crippen LogP contribution in [0.5, 0.6) is 0 Å². The minimum Gasteiger partial charge on any atom is -0.324 e. The van der Waals surface area contributed by atoms with Crippen LogP contribution in [-0.2, 0) is 19.3 Å². The summed E-state index contributed by atoms with van der Waals surface area (Å²) in [6.45, 7) is 0.424. The fraction of sp³-hybridized carbons (Fsp3) is 0.667. The van der Waals surface area contributed by atoms with Gasteiger partial charge >= 0.3 is 0 Å². The van der Waals surface area contributed by atoms with Crippen molar-refractivity contribution in [3.05, 3.63) is 11.6 Å². The van der Waals surface area contributed by atoms with Gasteiger partial charge in [0.15, 0.2) is 11.0 Å². The Morgan fingerprint density at radius 3 is 2.78 bits per heavy atom. The fourth-order valence-corrected chi connectivity index (χ4v) is 2.62. The van der Waals surface area contributed by atoms with E-state index in [1.807, 2.05) is 0 Å². The molecule has 9 heteroatoms. The number of hydrogen-bond donors (Lipinski definition) is 1. The van der Waals surface area contributed by atoms with Crippen LogP contribution in [0.25, 0.3) is 0 Å². The van der Waals surface area contributed by atoms with E-state index in [4.69, 9.17) is 5.73 Å². The van der Waals surface area contributed by atoms with Crippen LogP contribution < -0.4 is 5.73 Å². The molecule has 0 saturated heterocycles. The van der Waals surface area contributed by atoms with Gasteiger partial charge in [-0.3, -0.25) is 0 Å². The third-order valence-corrected chi connectivity index (χ3v) is 3.65. The number of thioether (sulfide) groups is 1. The van der Waals surface area contributed by atoms with Gasteiger partial charge in [0.1, 0.15) is 5.82 Å². The lowest BCUT2D eigenvalue weighted by molar-refractivity contribution is 0.625. The zero-order valence-corrected chi connectivity index (χ0v) is 10.8. The molecule has 2 heterocycles. The second kappa shape index (κ2) is 4.65. The first-order valence-electron chi connectivity index (χ1n) is 5.77. The Kier molecular flexibility index (Phi) is 3.00. The summed E-state index contributed by atoms with van der Waals surface area (Å²) >= 11 is 1.57. The number of nitrogens with zero attached hydrogens (tertiary/aromatic N) is 7. The smallest absolute Gasteiger partial charge is 0.191 e. The second-order valence-corrected chi connectivity index (χ2v) is 5.13. The van der Waals surface area contributed by atoms with Crippen molar-refractivity contribution in [1.82, 2.24) is 35.0 Å². The Labute approximate surface area is 108 Å². The Morgan fingerprint density at radius 2 is 2.17 bits per heavy atom. The Balaban J connectivity index is 1.74. The molecule has 0 aromatic carbocycles. The molecule has 2 aromatic heterocycles. The molecule has 2 N–H and O–H groups in total. The van der Waals surface area contributed by atoms with Gasteiger partial charge in [-0.1, -0.05) is 11.8 Å². The van der Waals surface area contributed by atoms with Crippen molar-refractivity contribution in [3.8, 4) is 0 Å². The molecular weight excluding hydrogens is 252 g/mol. The normalized spacial score (nSPS) is 15.2. The third-order valence-electron chi connectivity index (χ3n) is 2.71. The highest BCUT2D eigenvalue weighted by Crippen LogP contribution is 2.38. The minimum atomic E-state index is 0.424. The fourth-order valence-electron chi connectivity index (χ4n) is 1.75. The third kappa shape index (κ3) is 2.23. The highest BCUT2D eigenvalue weighted by atomic mass is 32.2. The predicted octanol–water partition coefficient (Wildman–Crippen LogP) is -0.113. The van der Waals surface area contributed by atoms with Crippen molar-refractivity contribution in [3.63, 3.8) is 0 Å². The molecule has 1 aliphatic carbocycles. The summed E-state index contributed by atoms with van der Waals surface area (Å²) in [4.78, 5) is 1.45. The van der Waals surface area contributed by atoms with E-state index in [0.717, 1.165) is 11.0 Å². The molecule has 18 heavy (non-hydrogen) atoms. The maximum atomic E-state index is 5.67. The average Bonchev–Trinajstić information content (AvgIpc) is 2.99. The number of aromatic nitrogens is 7. The van der Waals surface area contributed by atoms with Crippen LogP contribution in [0, 0.1) is 0 Å². The minimum absolute atomic E-state index is 0.424. The number of tetrazole rings is 1. The Morgan fingerprint density at radius 1 is 1.33 bits per heavy atom. The van der Waals surface area contributed by atoms with Gasteiger partial charge in [-0.25, -0.2) is 0 Å². The van der Waals surface area contributed by atoms with E-state index >= 15 is 0 Å². The van der Waals surface area contributed by atoms with Gasteiger partial charge in [-0.2, -0.15) is 4.80 Å². The average molecular weight is 266 g/mol. The highest BCUT2D eigenvalue weighted by Gasteiger charge is 2.29. The maximum absolute atomic E-state index is 5.67. The van der Waals surface area contributed by atoms with Crippen molar-refractivity contribution in [1.29, 1.82) is 0 Å². The molecule has 0 amide bonds. The first-order valence-corrected chi connectivity index (χ1v) is 6.76. The molecule has 0 aliphatic heterocycles. The van der Waals surface area contributed by atoms with Gasteiger partial charge in [0.25, 0.3) is 0 Å². The number of hydrogen-bond acceptors (Lipinski definition) is 7. The molecule has 0 unspecified atom stereocenters. The summed E-state index contributed by atoms with van der Waals surface area (Å²) < 4.78 is 2.14. The number of aryl methyl sites for hydroxylation is 1. The van der Waals surface area contributed by atoms with Crippen molar-refractivity contribution in [2.24, 2.45) is 12.8 Å². The summed E-state index contributed by atoms with van der Waals surface area (Å²) in [6, 6.07) is 0.524. The van der Waals surface area contributed by atoms with Crippen LogP contribution in [0.15, 0.2) is 5.16 Å². The van der Waals surface area contributed by atoms with Crippen LogP contribution in [0.3, 0.4) is 0 Å². The molecule has 1 saturated carbocycles. The van der Waals surface area contributed by atoms with Gasteiger partial charge in [0.2, 0.25) is 0 Å². The van der Waals surface area contributed by atoms with Crippen LogP contribution >= 0.6 is 11.8 Å². The van der Waals surface area contributed by atoms with E-state index in [9.17, 15) is 0 Å². The van der Waals surface area contributed by atoms with Crippen LogP contribution in [-0.4, -0.2) is 35.0 Å². The number of nitrogens with two attached hydrogens (primary N) is 1. The van der Waals surface area contributed by atoms with Gasteiger partial charge < -0.3 is 10.3 Å². The largest absolute Gasteiger partial charge is 0.324 e. The monoisotopic (exact) mass is 266 g/mol. The predicted molar refractivity (Wildman–Crippen MR) is 64.5 cm³/mol. The zero-order valence-electron chi connectivity index (χ0n) is 10.0. The molecule has 96 valence electrons. The SMILES string of the molecule is Cn1nnc(CSc2nnc(CN)n2C2CC2)n1. The molecule has 0 bridgehead atoms. The summed E-state index contributed by atoms with van der Waals surface area (Å²) in [5.41, 5.74) is 5.67. The molecule has 0 atom stereocenters. The van der Waals surface area contributed by atoms with Crippen molar-refractivity contribution < 1.29 is 0 Å². The lowest BCUT2D eigenvalue weighted by Gasteiger charge is -2.05. The first kappa shape index (κ1) is 11.6. The molecule has 8 nitrogen and oxygen atoms in total. The van der Waals surface area contributed by atoms with Crippen LogP contribution in [0.4, 0.5) is 0 Å². The van der Waals surface area contributed by atoms with Crippen LogP contribution in [0.2, 0.25) is 0 Å². The maximum Gasteiger partial charge on any atom is 0.191 e. The van der Waals surface area contributed by atoms with Gasteiger partial charge in [-0.05, 0) is 18.1 Å². The highest BCUT2D eigenvalue weighted by molar-refractivity contribution is 7.98. The van der Waals surface area contributed by atoms with Gasteiger partial charge in [0.05, 0.1) is 19.3 Å². The van der Waals surface area contributed by atoms with E-state index in [0.29, 0.717) is 24.2 Å². The Bertz CT molecular complexity index is 543. The molecule has 1 aliphatic rings. The lowest BCUT2D eigenvalue weighted by atomic mass is 10.5. The summed E-state index contributed by atoms with van der Waals surface area (Å²) in [5.74, 6) is 2.19. The summed E-state index contributed by atoms with van der Waals surface area (Å²) in [6.07, 6.45) is 2.37. The quantitative estimate of drug-likeness (QED) is 0.753. The van der Waals surface area contributed by atoms with E-state index < -0.39 is 0 Å². The standard InChI is InChI=1S/C9H14N8S/c1-16-14-7(11-15-16)5-18-9-13-12-8(4-10)17(9)6-2-3-6/h6H,2-5,10H2,1H3. The summed E-state index contributed by atoms with van der Waals surface area (Å²) in [5, 5.41) is 21.1. The molecule has 3 rings (SSSR count). The molecule has 0 radical (unpaired) electrons.